The molecule has 3 atom stereocenters. The molecule has 1 aliphatic carbocycles. The van der Waals surface area contributed by atoms with Crippen molar-refractivity contribution in [3.8, 4) is 0 Å². The lowest BCUT2D eigenvalue weighted by atomic mass is 10.0. The van der Waals surface area contributed by atoms with Gasteiger partial charge in [-0.2, -0.15) is 0 Å². The zero-order chi connectivity index (χ0) is 13.2. The summed E-state index contributed by atoms with van der Waals surface area (Å²) in [7, 11) is 0. The number of nitrogens with zero attached hydrogens (tertiary/aromatic N) is 2. The lowest BCUT2D eigenvalue weighted by Crippen LogP contribution is -2.35. The van der Waals surface area contributed by atoms with Crippen molar-refractivity contribution < 1.29 is 4.79 Å². The van der Waals surface area contributed by atoms with Gasteiger partial charge in [0.2, 0.25) is 5.91 Å². The fourth-order valence-electron chi connectivity index (χ4n) is 3.07. The molecule has 4 nitrogen and oxygen atoms in total. The van der Waals surface area contributed by atoms with Gasteiger partial charge in [-0.15, -0.1) is 0 Å². The first-order valence-corrected chi connectivity index (χ1v) is 6.90. The van der Waals surface area contributed by atoms with Crippen LogP contribution in [0, 0.1) is 5.92 Å². The van der Waals surface area contributed by atoms with E-state index in [9.17, 15) is 4.79 Å². The number of rotatable bonds is 2. The number of hydrogen-bond acceptors (Lipinski definition) is 3. The monoisotopic (exact) mass is 257 g/mol. The van der Waals surface area contributed by atoms with Gasteiger partial charge in [-0.1, -0.05) is 18.2 Å². The SMILES string of the molecule is NC1C=CC(C(=O)N2CCCC2c2cccnc2)C1. The highest BCUT2D eigenvalue weighted by atomic mass is 16.2. The second kappa shape index (κ2) is 5.13. The number of hydrogen-bond donors (Lipinski definition) is 1. The van der Waals surface area contributed by atoms with Crippen LogP contribution in [-0.4, -0.2) is 28.4 Å². The predicted molar refractivity (Wildman–Crippen MR) is 73.1 cm³/mol. The Kier molecular flexibility index (Phi) is 3.34. The molecular formula is C15H19N3O. The maximum Gasteiger partial charge on any atom is 0.230 e. The maximum atomic E-state index is 12.6. The number of aromatic nitrogens is 1. The minimum Gasteiger partial charge on any atom is -0.335 e. The molecule has 1 amide bonds. The molecule has 4 heteroatoms. The number of carbonyl (C=O) groups is 1. The molecule has 19 heavy (non-hydrogen) atoms. The van der Waals surface area contributed by atoms with Crippen molar-refractivity contribution in [2.45, 2.75) is 31.3 Å². The van der Waals surface area contributed by atoms with Crippen molar-refractivity contribution in [3.05, 3.63) is 42.2 Å². The van der Waals surface area contributed by atoms with Crippen LogP contribution >= 0.6 is 0 Å². The topological polar surface area (TPSA) is 59.2 Å². The van der Waals surface area contributed by atoms with Crippen LogP contribution in [0.15, 0.2) is 36.7 Å². The minimum absolute atomic E-state index is 0.0349. The first kappa shape index (κ1) is 12.4. The van der Waals surface area contributed by atoms with E-state index in [0.717, 1.165) is 31.4 Å². The highest BCUT2D eigenvalue weighted by Crippen LogP contribution is 2.34. The molecular weight excluding hydrogens is 238 g/mol. The number of nitrogens with two attached hydrogens (primary N) is 1. The van der Waals surface area contributed by atoms with Crippen LogP contribution in [0.25, 0.3) is 0 Å². The zero-order valence-corrected chi connectivity index (χ0v) is 10.9. The van der Waals surface area contributed by atoms with Crippen LogP contribution in [-0.2, 0) is 4.79 Å². The molecule has 2 aliphatic rings. The lowest BCUT2D eigenvalue weighted by Gasteiger charge is -2.27. The van der Waals surface area contributed by atoms with Gasteiger partial charge in [-0.3, -0.25) is 9.78 Å². The molecule has 3 unspecified atom stereocenters. The molecule has 1 aromatic heterocycles. The molecule has 1 aromatic rings. The highest BCUT2D eigenvalue weighted by Gasteiger charge is 2.34. The van der Waals surface area contributed by atoms with Crippen LogP contribution < -0.4 is 5.73 Å². The molecule has 1 saturated heterocycles. The van der Waals surface area contributed by atoms with Crippen molar-refractivity contribution in [3.63, 3.8) is 0 Å². The van der Waals surface area contributed by atoms with E-state index in [4.69, 9.17) is 5.73 Å². The molecule has 2 heterocycles. The third kappa shape index (κ3) is 2.40. The van der Waals surface area contributed by atoms with Crippen molar-refractivity contribution in [2.75, 3.05) is 6.54 Å². The van der Waals surface area contributed by atoms with Gasteiger partial charge in [0.25, 0.3) is 0 Å². The Hall–Kier alpha value is -1.68. The number of pyridine rings is 1. The summed E-state index contributed by atoms with van der Waals surface area (Å²) in [6.45, 7) is 0.845. The molecule has 1 aliphatic heterocycles. The fourth-order valence-corrected chi connectivity index (χ4v) is 3.07. The quantitative estimate of drug-likeness (QED) is 0.819. The molecule has 0 spiro atoms. The summed E-state index contributed by atoms with van der Waals surface area (Å²) in [5, 5.41) is 0. The average Bonchev–Trinajstić information content (AvgIpc) is 3.07. The van der Waals surface area contributed by atoms with Gasteiger partial charge in [0.15, 0.2) is 0 Å². The van der Waals surface area contributed by atoms with E-state index in [1.54, 1.807) is 6.20 Å². The number of amides is 1. The average molecular weight is 257 g/mol. The Morgan fingerprint density at radius 1 is 1.42 bits per heavy atom. The molecule has 0 aromatic carbocycles. The maximum absolute atomic E-state index is 12.6. The van der Waals surface area contributed by atoms with E-state index in [2.05, 4.69) is 11.1 Å². The fraction of sp³-hybridized carbons (Fsp3) is 0.467. The minimum atomic E-state index is -0.0349. The van der Waals surface area contributed by atoms with Gasteiger partial charge >= 0.3 is 0 Å². The van der Waals surface area contributed by atoms with Crippen LogP contribution in [0.3, 0.4) is 0 Å². The van der Waals surface area contributed by atoms with Gasteiger partial charge in [0, 0.05) is 25.0 Å². The van der Waals surface area contributed by atoms with Gasteiger partial charge in [-0.05, 0) is 30.9 Å². The smallest absolute Gasteiger partial charge is 0.230 e. The third-order valence-electron chi connectivity index (χ3n) is 4.04. The molecule has 2 N–H and O–H groups in total. The number of carbonyl (C=O) groups excluding carboxylic acids is 1. The van der Waals surface area contributed by atoms with Crippen LogP contribution in [0.5, 0.6) is 0 Å². The molecule has 3 rings (SSSR count). The van der Waals surface area contributed by atoms with Gasteiger partial charge in [0.1, 0.15) is 0 Å². The molecule has 0 radical (unpaired) electrons. The third-order valence-corrected chi connectivity index (χ3v) is 4.04. The Morgan fingerprint density at radius 2 is 2.32 bits per heavy atom. The Labute approximate surface area is 113 Å². The normalized spacial score (nSPS) is 29.9. The van der Waals surface area contributed by atoms with Gasteiger partial charge in [0.05, 0.1) is 12.0 Å². The van der Waals surface area contributed by atoms with Crippen molar-refractivity contribution in [1.82, 2.24) is 9.88 Å². The molecule has 1 fully saturated rings. The van der Waals surface area contributed by atoms with Gasteiger partial charge < -0.3 is 10.6 Å². The van der Waals surface area contributed by atoms with Gasteiger partial charge in [-0.25, -0.2) is 0 Å². The van der Waals surface area contributed by atoms with E-state index in [1.807, 2.05) is 29.3 Å². The van der Waals surface area contributed by atoms with E-state index in [0.29, 0.717) is 0 Å². The largest absolute Gasteiger partial charge is 0.335 e. The molecule has 0 saturated carbocycles. The van der Waals surface area contributed by atoms with Crippen molar-refractivity contribution in [1.29, 1.82) is 0 Å². The summed E-state index contributed by atoms with van der Waals surface area (Å²) in [5.74, 6) is 0.183. The van der Waals surface area contributed by atoms with E-state index >= 15 is 0 Å². The van der Waals surface area contributed by atoms with E-state index in [-0.39, 0.29) is 23.9 Å². The summed E-state index contributed by atoms with van der Waals surface area (Å²) < 4.78 is 0. The first-order chi connectivity index (χ1) is 9.25. The van der Waals surface area contributed by atoms with Crippen LogP contribution in [0.1, 0.15) is 30.9 Å². The second-order valence-corrected chi connectivity index (χ2v) is 5.37. The highest BCUT2D eigenvalue weighted by molar-refractivity contribution is 5.82. The summed E-state index contributed by atoms with van der Waals surface area (Å²) >= 11 is 0. The van der Waals surface area contributed by atoms with Crippen molar-refractivity contribution >= 4 is 5.91 Å². The Balaban J connectivity index is 1.77. The van der Waals surface area contributed by atoms with Crippen LogP contribution in [0.2, 0.25) is 0 Å². The number of likely N-dealkylation sites (tertiary alicyclic amines) is 1. The van der Waals surface area contributed by atoms with Crippen molar-refractivity contribution in [2.24, 2.45) is 11.7 Å². The first-order valence-electron chi connectivity index (χ1n) is 6.90. The molecule has 0 bridgehead atoms. The summed E-state index contributed by atoms with van der Waals surface area (Å²) in [5.41, 5.74) is 6.98. The summed E-state index contributed by atoms with van der Waals surface area (Å²) in [6.07, 6.45) is 10.4. The zero-order valence-electron chi connectivity index (χ0n) is 10.9. The van der Waals surface area contributed by atoms with E-state index in [1.165, 1.54) is 0 Å². The standard InChI is InChI=1S/C15H19N3O/c16-13-6-5-11(9-13)15(19)18-8-2-4-14(18)12-3-1-7-17-10-12/h1,3,5-7,10-11,13-14H,2,4,8-9,16H2. The van der Waals surface area contributed by atoms with Crippen LogP contribution in [0.4, 0.5) is 0 Å². The Morgan fingerprint density at radius 3 is 3.00 bits per heavy atom. The Bertz CT molecular complexity index is 485. The van der Waals surface area contributed by atoms with E-state index < -0.39 is 0 Å². The predicted octanol–water partition coefficient (Wildman–Crippen LogP) is 1.65. The lowest BCUT2D eigenvalue weighted by molar-refractivity contribution is -0.135. The second-order valence-electron chi connectivity index (χ2n) is 5.37. The molecule has 100 valence electrons. The summed E-state index contributed by atoms with van der Waals surface area (Å²) in [6, 6.07) is 4.21. The summed E-state index contributed by atoms with van der Waals surface area (Å²) in [4.78, 5) is 18.7.